The highest BCUT2D eigenvalue weighted by atomic mass is 16.5. The second kappa shape index (κ2) is 5.89. The molecule has 0 fully saturated rings. The fourth-order valence-corrected chi connectivity index (χ4v) is 1.31. The number of hydrogen-bond donors (Lipinski definition) is 1. The van der Waals surface area contributed by atoms with Crippen LogP contribution in [0.5, 0.6) is 0 Å². The largest absolute Gasteiger partial charge is 0.462 e. The van der Waals surface area contributed by atoms with Crippen molar-refractivity contribution in [2.45, 2.75) is 13.8 Å². The third kappa shape index (κ3) is 2.96. The van der Waals surface area contributed by atoms with E-state index in [0.29, 0.717) is 5.57 Å². The number of carbonyl (C=O) groups excluding carboxylic acids is 2. The second-order valence-corrected chi connectivity index (χ2v) is 3.20. The Morgan fingerprint density at radius 1 is 1.12 bits per heavy atom. The number of carbonyl (C=O) groups is 2. The number of hydrogen-bond acceptors (Lipinski definition) is 5. The summed E-state index contributed by atoms with van der Waals surface area (Å²) in [6, 6.07) is 0. The van der Waals surface area contributed by atoms with Crippen LogP contribution in [0, 0.1) is 0 Å². The maximum Gasteiger partial charge on any atom is 0.340 e. The zero-order chi connectivity index (χ0) is 12.8. The maximum atomic E-state index is 11.6. The highest BCUT2D eigenvalue weighted by molar-refractivity contribution is 6.03. The van der Waals surface area contributed by atoms with Crippen LogP contribution in [-0.4, -0.2) is 25.2 Å². The number of rotatable bonds is 4. The van der Waals surface area contributed by atoms with Gasteiger partial charge in [-0.3, -0.25) is 0 Å². The number of dihydropyridines is 1. The zero-order valence-electron chi connectivity index (χ0n) is 9.91. The fraction of sp³-hybridized carbons (Fsp3) is 0.333. The Labute approximate surface area is 99.8 Å². The third-order valence-corrected chi connectivity index (χ3v) is 2.10. The second-order valence-electron chi connectivity index (χ2n) is 3.20. The van der Waals surface area contributed by atoms with Crippen LogP contribution in [0.4, 0.5) is 0 Å². The van der Waals surface area contributed by atoms with E-state index >= 15 is 0 Å². The molecule has 0 amide bonds. The first-order valence-electron chi connectivity index (χ1n) is 5.32. The van der Waals surface area contributed by atoms with Crippen molar-refractivity contribution in [2.24, 2.45) is 0 Å². The summed E-state index contributed by atoms with van der Waals surface area (Å²) in [6.07, 6.45) is 2.89. The van der Waals surface area contributed by atoms with Gasteiger partial charge < -0.3 is 14.8 Å². The van der Waals surface area contributed by atoms with Crippen LogP contribution in [-0.2, 0) is 19.1 Å². The van der Waals surface area contributed by atoms with Crippen LogP contribution < -0.4 is 5.32 Å². The lowest BCUT2D eigenvalue weighted by molar-refractivity contribution is -0.138. The molecule has 17 heavy (non-hydrogen) atoms. The molecule has 5 heteroatoms. The molecule has 0 aromatic heterocycles. The van der Waals surface area contributed by atoms with Gasteiger partial charge in [0.05, 0.1) is 24.4 Å². The van der Waals surface area contributed by atoms with Gasteiger partial charge in [-0.1, -0.05) is 6.58 Å². The molecule has 0 saturated carbocycles. The first-order chi connectivity index (χ1) is 8.11. The van der Waals surface area contributed by atoms with E-state index in [1.807, 2.05) is 0 Å². The van der Waals surface area contributed by atoms with Gasteiger partial charge >= 0.3 is 11.9 Å². The van der Waals surface area contributed by atoms with Crippen molar-refractivity contribution >= 4 is 11.9 Å². The zero-order valence-corrected chi connectivity index (χ0v) is 9.91. The van der Waals surface area contributed by atoms with Crippen LogP contribution in [0.2, 0.25) is 0 Å². The lowest BCUT2D eigenvalue weighted by atomic mass is 9.99. The highest BCUT2D eigenvalue weighted by Crippen LogP contribution is 2.22. The summed E-state index contributed by atoms with van der Waals surface area (Å²) in [5.41, 5.74) is 0.774. The lowest BCUT2D eigenvalue weighted by Crippen LogP contribution is -2.21. The van der Waals surface area contributed by atoms with Gasteiger partial charge in [-0.25, -0.2) is 9.59 Å². The van der Waals surface area contributed by atoms with Crippen molar-refractivity contribution in [1.82, 2.24) is 5.32 Å². The molecule has 0 bridgehead atoms. The maximum absolute atomic E-state index is 11.6. The van der Waals surface area contributed by atoms with E-state index in [0.717, 1.165) is 0 Å². The molecule has 0 saturated heterocycles. The molecule has 92 valence electrons. The molecule has 0 aromatic carbocycles. The molecule has 0 unspecified atom stereocenters. The van der Waals surface area contributed by atoms with E-state index in [9.17, 15) is 9.59 Å². The van der Waals surface area contributed by atoms with Crippen LogP contribution in [0.3, 0.4) is 0 Å². The molecule has 0 radical (unpaired) electrons. The Morgan fingerprint density at radius 2 is 1.53 bits per heavy atom. The SMILES string of the molecule is C=C1C(C(=O)OCC)=CNC=C1C(=O)OCC. The first kappa shape index (κ1) is 13.0. The Morgan fingerprint density at radius 3 is 1.88 bits per heavy atom. The van der Waals surface area contributed by atoms with Crippen molar-refractivity contribution in [3.8, 4) is 0 Å². The summed E-state index contributed by atoms with van der Waals surface area (Å²) in [4.78, 5) is 23.1. The minimum Gasteiger partial charge on any atom is -0.462 e. The predicted octanol–water partition coefficient (Wildman–Crippen LogP) is 1.04. The normalized spacial score (nSPS) is 14.4. The van der Waals surface area contributed by atoms with E-state index in [-0.39, 0.29) is 24.4 Å². The summed E-state index contributed by atoms with van der Waals surface area (Å²) in [5, 5.41) is 2.71. The number of esters is 2. The molecule has 0 aromatic rings. The predicted molar refractivity (Wildman–Crippen MR) is 61.7 cm³/mol. The minimum atomic E-state index is -0.514. The van der Waals surface area contributed by atoms with Gasteiger partial charge in [0.15, 0.2) is 0 Å². The van der Waals surface area contributed by atoms with Gasteiger partial charge in [0.25, 0.3) is 0 Å². The molecule has 1 aliphatic heterocycles. The quantitative estimate of drug-likeness (QED) is 0.740. The number of nitrogens with one attached hydrogen (secondary N) is 1. The number of ether oxygens (including phenoxy) is 2. The minimum absolute atomic E-state index is 0.234. The Hall–Kier alpha value is -2.04. The van der Waals surface area contributed by atoms with Crippen molar-refractivity contribution < 1.29 is 19.1 Å². The molecule has 1 rings (SSSR count). The van der Waals surface area contributed by atoms with Crippen molar-refractivity contribution in [3.05, 3.63) is 35.7 Å². The monoisotopic (exact) mass is 237 g/mol. The van der Waals surface area contributed by atoms with Gasteiger partial charge in [-0.2, -0.15) is 0 Å². The smallest absolute Gasteiger partial charge is 0.340 e. The fourth-order valence-electron chi connectivity index (χ4n) is 1.31. The Bertz CT molecular complexity index is 371. The van der Waals surface area contributed by atoms with Gasteiger partial charge in [0.2, 0.25) is 0 Å². The van der Waals surface area contributed by atoms with E-state index in [2.05, 4.69) is 11.9 Å². The molecule has 1 N–H and O–H groups in total. The Kier molecular flexibility index (Phi) is 4.51. The molecule has 0 atom stereocenters. The lowest BCUT2D eigenvalue weighted by Gasteiger charge is -2.16. The molecule has 0 aliphatic carbocycles. The van der Waals surface area contributed by atoms with E-state index < -0.39 is 11.9 Å². The average Bonchev–Trinajstić information content (AvgIpc) is 2.29. The summed E-state index contributed by atoms with van der Waals surface area (Å²) in [6.45, 7) is 7.65. The van der Waals surface area contributed by atoms with Crippen molar-refractivity contribution in [3.63, 3.8) is 0 Å². The highest BCUT2D eigenvalue weighted by Gasteiger charge is 2.24. The standard InChI is InChI=1S/C12H15NO4/c1-4-16-11(14)9-6-13-7-10(8(9)3)12(15)17-5-2/h6-7,13H,3-5H2,1-2H3. The van der Waals surface area contributed by atoms with E-state index in [4.69, 9.17) is 9.47 Å². The summed E-state index contributed by atoms with van der Waals surface area (Å²) in [5.74, 6) is -1.03. The molecule has 5 nitrogen and oxygen atoms in total. The van der Waals surface area contributed by atoms with E-state index in [1.54, 1.807) is 13.8 Å². The first-order valence-corrected chi connectivity index (χ1v) is 5.32. The molecule has 1 heterocycles. The van der Waals surface area contributed by atoms with Crippen molar-refractivity contribution in [2.75, 3.05) is 13.2 Å². The summed E-state index contributed by atoms with van der Waals surface area (Å²) in [7, 11) is 0. The van der Waals surface area contributed by atoms with Gasteiger partial charge in [0.1, 0.15) is 0 Å². The van der Waals surface area contributed by atoms with Crippen LogP contribution in [0.15, 0.2) is 35.7 Å². The molecule has 0 spiro atoms. The van der Waals surface area contributed by atoms with Crippen LogP contribution in [0.1, 0.15) is 13.8 Å². The molecular weight excluding hydrogens is 222 g/mol. The average molecular weight is 237 g/mol. The van der Waals surface area contributed by atoms with Gasteiger partial charge in [0, 0.05) is 12.4 Å². The molecular formula is C12H15NO4. The third-order valence-electron chi connectivity index (χ3n) is 2.10. The van der Waals surface area contributed by atoms with Crippen molar-refractivity contribution in [1.29, 1.82) is 0 Å². The van der Waals surface area contributed by atoms with Crippen LogP contribution >= 0.6 is 0 Å². The van der Waals surface area contributed by atoms with Gasteiger partial charge in [-0.15, -0.1) is 0 Å². The van der Waals surface area contributed by atoms with Gasteiger partial charge in [-0.05, 0) is 19.4 Å². The summed E-state index contributed by atoms with van der Waals surface area (Å²) < 4.78 is 9.70. The topological polar surface area (TPSA) is 64.6 Å². The van der Waals surface area contributed by atoms with E-state index in [1.165, 1.54) is 12.4 Å². The Balaban J connectivity index is 2.82. The summed E-state index contributed by atoms with van der Waals surface area (Å²) >= 11 is 0. The molecule has 1 aliphatic rings. The van der Waals surface area contributed by atoms with Crippen LogP contribution in [0.25, 0.3) is 0 Å².